The van der Waals surface area contributed by atoms with E-state index in [-0.39, 0.29) is 34.9 Å². The number of nitrogens with one attached hydrogen (secondary N) is 4. The smallest absolute Gasteiger partial charge is 0.320 e. The molecule has 2 unspecified atom stereocenters. The van der Waals surface area contributed by atoms with E-state index >= 15 is 0 Å². The number of nitrogens with two attached hydrogens (primary N) is 1. The quantitative estimate of drug-likeness (QED) is 0.0998. The Balaban J connectivity index is 1.16. The number of nitrogens with zero attached hydrogens (tertiary/aromatic N) is 3. The Bertz CT molecular complexity index is 2060. The van der Waals surface area contributed by atoms with Gasteiger partial charge in [0.15, 0.2) is 0 Å². The second-order valence-corrected chi connectivity index (χ2v) is 14.7. The van der Waals surface area contributed by atoms with Crippen LogP contribution in [0.1, 0.15) is 73.6 Å². The van der Waals surface area contributed by atoms with Crippen molar-refractivity contribution in [3.63, 3.8) is 0 Å². The van der Waals surface area contributed by atoms with Gasteiger partial charge in [0.1, 0.15) is 29.0 Å². The molecule has 2 aliphatic rings. The standard InChI is InChI=1S/C42H50N8O3/c1-28-12-14-31(15-13-28)46-39(25-37(43)42(2,3)4)48-41(51)47-35-17-18-36(34-11-6-5-10-33(34)35)53-32-16-19-38(44)50(27-32)40(45)30-9-7-8-29(24-30)26-49-20-22-52-23-21-49/h5-16,19,24-25,27,35-36,44-45H,17-18,20-23,26,43H2,1-4H3,(H2,46,47,48,51)/b37-25-,44-38?,45-40?. The summed E-state index contributed by atoms with van der Waals surface area (Å²) in [5.74, 6) is 1.11. The van der Waals surface area contributed by atoms with Crippen LogP contribution in [0.25, 0.3) is 0 Å². The first-order valence-electron chi connectivity index (χ1n) is 18.1. The Hall–Kier alpha value is -5.52. The van der Waals surface area contributed by atoms with E-state index in [1.54, 1.807) is 29.0 Å². The SMILES string of the molecule is Cc1ccc(N=C(/C=C(\N)C(C)(C)C)NC(=O)NC2CCC(Oc3ccc(=N)n(C(=N)c4cccc(CN5CCOCC5)c4)c3)c3ccccc32)cc1. The fraction of sp³-hybridized carbons (Fsp3) is 0.333. The number of aryl methyl sites for hydroxylation is 1. The van der Waals surface area contributed by atoms with Crippen molar-refractivity contribution in [3.8, 4) is 5.75 Å². The summed E-state index contributed by atoms with van der Waals surface area (Å²) in [5, 5.41) is 23.7. The Morgan fingerprint density at radius 1 is 1.00 bits per heavy atom. The zero-order valence-corrected chi connectivity index (χ0v) is 31.0. The van der Waals surface area contributed by atoms with Gasteiger partial charge in [0.25, 0.3) is 0 Å². The van der Waals surface area contributed by atoms with Crippen LogP contribution in [0.15, 0.2) is 108 Å². The van der Waals surface area contributed by atoms with Crippen LogP contribution >= 0.6 is 0 Å². The molecule has 1 aliphatic heterocycles. The van der Waals surface area contributed by atoms with Gasteiger partial charge in [0.05, 0.1) is 31.1 Å². The minimum atomic E-state index is -0.382. The molecular weight excluding hydrogens is 665 g/mol. The van der Waals surface area contributed by atoms with Gasteiger partial charge in [-0.2, -0.15) is 0 Å². The van der Waals surface area contributed by atoms with Crippen molar-refractivity contribution >= 4 is 23.4 Å². The van der Waals surface area contributed by atoms with Crippen LogP contribution in [0.5, 0.6) is 5.75 Å². The molecule has 1 saturated heterocycles. The van der Waals surface area contributed by atoms with Gasteiger partial charge in [-0.1, -0.05) is 80.9 Å². The molecule has 1 fully saturated rings. The van der Waals surface area contributed by atoms with Crippen molar-refractivity contribution in [3.05, 3.63) is 136 Å². The largest absolute Gasteiger partial charge is 0.484 e. The van der Waals surface area contributed by atoms with Crippen LogP contribution in [-0.4, -0.2) is 53.5 Å². The van der Waals surface area contributed by atoms with E-state index in [0.29, 0.717) is 35.8 Å². The number of aromatic nitrogens is 1. The van der Waals surface area contributed by atoms with Crippen molar-refractivity contribution in [1.29, 1.82) is 10.8 Å². The number of carbonyl (C=O) groups excluding carboxylic acids is 1. The van der Waals surface area contributed by atoms with Gasteiger partial charge in [0, 0.05) is 42.4 Å². The van der Waals surface area contributed by atoms with Crippen molar-refractivity contribution < 1.29 is 14.3 Å². The summed E-state index contributed by atoms with van der Waals surface area (Å²) < 4.78 is 13.6. The third kappa shape index (κ3) is 9.68. The minimum Gasteiger partial charge on any atom is -0.484 e. The summed E-state index contributed by atoms with van der Waals surface area (Å²) >= 11 is 0. The number of carbonyl (C=O) groups is 1. The van der Waals surface area contributed by atoms with Gasteiger partial charge in [-0.15, -0.1) is 0 Å². The molecule has 2 heterocycles. The molecule has 6 N–H and O–H groups in total. The summed E-state index contributed by atoms with van der Waals surface area (Å²) in [7, 11) is 0. The summed E-state index contributed by atoms with van der Waals surface area (Å²) in [6.07, 6.45) is 4.44. The molecule has 6 rings (SSSR count). The molecule has 53 heavy (non-hydrogen) atoms. The Kier molecular flexibility index (Phi) is 11.6. The number of hydrogen-bond acceptors (Lipinski definition) is 8. The van der Waals surface area contributed by atoms with Gasteiger partial charge < -0.3 is 20.5 Å². The van der Waals surface area contributed by atoms with Crippen LogP contribution in [0.2, 0.25) is 0 Å². The molecule has 2 atom stereocenters. The molecule has 0 spiro atoms. The molecule has 0 bridgehead atoms. The average Bonchev–Trinajstić information content (AvgIpc) is 3.14. The summed E-state index contributed by atoms with van der Waals surface area (Å²) in [5.41, 5.74) is 12.5. The Morgan fingerprint density at radius 2 is 1.74 bits per heavy atom. The summed E-state index contributed by atoms with van der Waals surface area (Å²) in [6.45, 7) is 12.1. The molecule has 1 aliphatic carbocycles. The third-order valence-electron chi connectivity index (χ3n) is 9.58. The lowest BCUT2D eigenvalue weighted by molar-refractivity contribution is 0.0342. The van der Waals surface area contributed by atoms with Gasteiger partial charge in [-0.25, -0.2) is 9.79 Å². The first-order chi connectivity index (χ1) is 25.4. The normalized spacial score (nSPS) is 18.2. The van der Waals surface area contributed by atoms with E-state index < -0.39 is 0 Å². The maximum atomic E-state index is 13.5. The monoisotopic (exact) mass is 714 g/mol. The molecule has 276 valence electrons. The summed E-state index contributed by atoms with van der Waals surface area (Å²) in [6, 6.07) is 26.5. The van der Waals surface area contributed by atoms with Crippen molar-refractivity contribution in [2.45, 2.75) is 59.2 Å². The number of amidine groups is 1. The summed E-state index contributed by atoms with van der Waals surface area (Å²) in [4.78, 5) is 20.5. The average molecular weight is 715 g/mol. The van der Waals surface area contributed by atoms with E-state index in [0.717, 1.165) is 60.7 Å². The Labute approximate surface area is 311 Å². The number of aliphatic imine (C=N–C) groups is 1. The number of benzene rings is 3. The van der Waals surface area contributed by atoms with Gasteiger partial charge in [0.2, 0.25) is 0 Å². The number of urea groups is 1. The first-order valence-corrected chi connectivity index (χ1v) is 18.1. The zero-order valence-electron chi connectivity index (χ0n) is 31.0. The molecule has 3 aromatic carbocycles. The molecule has 11 heteroatoms. The van der Waals surface area contributed by atoms with E-state index in [4.69, 9.17) is 31.0 Å². The van der Waals surface area contributed by atoms with Crippen molar-refractivity contribution in [1.82, 2.24) is 20.1 Å². The topological polar surface area (TPSA) is 154 Å². The maximum absolute atomic E-state index is 13.5. The molecule has 1 aromatic heterocycles. The molecule has 4 aromatic rings. The fourth-order valence-electron chi connectivity index (χ4n) is 6.43. The number of morpholine rings is 1. The Morgan fingerprint density at radius 3 is 2.47 bits per heavy atom. The van der Waals surface area contributed by atoms with Crippen LogP contribution in [0.4, 0.5) is 10.5 Å². The predicted octanol–water partition coefficient (Wildman–Crippen LogP) is 6.85. The highest BCUT2D eigenvalue weighted by molar-refractivity contribution is 6.05. The van der Waals surface area contributed by atoms with E-state index in [2.05, 4.69) is 21.6 Å². The lowest BCUT2D eigenvalue weighted by Crippen LogP contribution is -2.42. The second kappa shape index (κ2) is 16.4. The van der Waals surface area contributed by atoms with Crippen LogP contribution in [0.3, 0.4) is 0 Å². The van der Waals surface area contributed by atoms with Crippen LogP contribution in [0, 0.1) is 23.2 Å². The van der Waals surface area contributed by atoms with E-state index in [1.807, 2.05) is 94.4 Å². The molecule has 0 radical (unpaired) electrons. The second-order valence-electron chi connectivity index (χ2n) is 14.7. The number of allylic oxidation sites excluding steroid dienone is 1. The van der Waals surface area contributed by atoms with Gasteiger partial charge in [-0.05, 0) is 66.8 Å². The van der Waals surface area contributed by atoms with Crippen molar-refractivity contribution in [2.24, 2.45) is 16.1 Å². The number of fused-ring (bicyclic) bond motifs is 1. The highest BCUT2D eigenvalue weighted by atomic mass is 16.5. The lowest BCUT2D eigenvalue weighted by atomic mass is 9.85. The van der Waals surface area contributed by atoms with Gasteiger partial charge in [-0.3, -0.25) is 25.6 Å². The van der Waals surface area contributed by atoms with Crippen LogP contribution in [-0.2, 0) is 11.3 Å². The molecule has 0 saturated carbocycles. The third-order valence-corrected chi connectivity index (χ3v) is 9.58. The number of hydrogen-bond donors (Lipinski definition) is 5. The van der Waals surface area contributed by atoms with E-state index in [1.165, 1.54) is 0 Å². The lowest BCUT2D eigenvalue weighted by Gasteiger charge is -2.32. The highest BCUT2D eigenvalue weighted by Crippen LogP contribution is 2.38. The van der Waals surface area contributed by atoms with E-state index in [9.17, 15) is 4.79 Å². The van der Waals surface area contributed by atoms with Crippen LogP contribution < -0.4 is 26.6 Å². The van der Waals surface area contributed by atoms with Crippen molar-refractivity contribution in [2.75, 3.05) is 26.3 Å². The first kappa shape index (κ1) is 37.2. The minimum absolute atomic E-state index is 0.185. The predicted molar refractivity (Wildman–Crippen MR) is 209 cm³/mol. The molecular formula is C42H50N8O3. The maximum Gasteiger partial charge on any atom is 0.320 e. The molecule has 11 nitrogen and oxygen atoms in total. The number of amides is 2. The fourth-order valence-corrected chi connectivity index (χ4v) is 6.43. The highest BCUT2D eigenvalue weighted by Gasteiger charge is 2.30. The van der Waals surface area contributed by atoms with Gasteiger partial charge >= 0.3 is 6.03 Å². The number of ether oxygens (including phenoxy) is 2. The number of pyridine rings is 1. The molecule has 2 amide bonds. The number of rotatable bonds is 8. The zero-order chi connectivity index (χ0) is 37.5.